The van der Waals surface area contributed by atoms with E-state index in [9.17, 15) is 0 Å². The van der Waals surface area contributed by atoms with Gasteiger partial charge in [-0.15, -0.1) is 0 Å². The summed E-state index contributed by atoms with van der Waals surface area (Å²) in [6.07, 6.45) is 0. The second kappa shape index (κ2) is 9.93. The predicted octanol–water partition coefficient (Wildman–Crippen LogP) is 12.5. The van der Waals surface area contributed by atoms with Crippen LogP contribution in [0, 0.1) is 0 Å². The van der Waals surface area contributed by atoms with Crippen LogP contribution < -0.4 is 0 Å². The first-order chi connectivity index (χ1) is 21.8. The van der Waals surface area contributed by atoms with Crippen molar-refractivity contribution in [2.24, 2.45) is 0 Å². The average molecular weight is 557 g/mol. The Balaban J connectivity index is 1.37. The van der Waals surface area contributed by atoms with Gasteiger partial charge in [-0.1, -0.05) is 170 Å². The van der Waals surface area contributed by atoms with Crippen LogP contribution in [0.2, 0.25) is 0 Å². The normalized spacial score (nSPS) is 11.6. The average Bonchev–Trinajstić information content (AvgIpc) is 3.10. The van der Waals surface area contributed by atoms with Gasteiger partial charge < -0.3 is 0 Å². The fourth-order valence-electron chi connectivity index (χ4n) is 7.27. The van der Waals surface area contributed by atoms with Crippen LogP contribution in [-0.4, -0.2) is 0 Å². The molecule has 0 heteroatoms. The first-order valence-electron chi connectivity index (χ1n) is 15.3. The number of hydrogen-bond donors (Lipinski definition) is 0. The third kappa shape index (κ3) is 3.78. The lowest BCUT2D eigenvalue weighted by Crippen LogP contribution is -1.93. The van der Waals surface area contributed by atoms with E-state index in [1.54, 1.807) is 0 Å². The molecule has 0 aliphatic carbocycles. The maximum absolute atomic E-state index is 2.33. The van der Waals surface area contributed by atoms with Crippen molar-refractivity contribution in [2.45, 2.75) is 0 Å². The van der Waals surface area contributed by atoms with E-state index in [0.717, 1.165) is 0 Å². The minimum Gasteiger partial charge on any atom is -0.0616 e. The molecule has 0 unspecified atom stereocenters. The maximum atomic E-state index is 2.33. The number of fused-ring (bicyclic) bond motifs is 7. The van der Waals surface area contributed by atoms with Crippen LogP contribution in [0.15, 0.2) is 170 Å². The summed E-state index contributed by atoms with van der Waals surface area (Å²) in [6, 6.07) is 62.4. The molecule has 9 rings (SSSR count). The van der Waals surface area contributed by atoms with Crippen LogP contribution in [0.25, 0.3) is 87.2 Å². The number of hydrogen-bond acceptors (Lipinski definition) is 0. The molecule has 0 nitrogen and oxygen atoms in total. The van der Waals surface area contributed by atoms with Crippen LogP contribution in [0.5, 0.6) is 0 Å². The fourth-order valence-corrected chi connectivity index (χ4v) is 7.27. The maximum Gasteiger partial charge on any atom is -0.00204 e. The van der Waals surface area contributed by atoms with Crippen molar-refractivity contribution < 1.29 is 0 Å². The summed E-state index contributed by atoms with van der Waals surface area (Å²) < 4.78 is 0. The third-order valence-corrected chi connectivity index (χ3v) is 9.28. The molecule has 0 heterocycles. The van der Waals surface area contributed by atoms with Crippen molar-refractivity contribution in [2.75, 3.05) is 0 Å². The molecule has 0 saturated heterocycles. The molecule has 44 heavy (non-hydrogen) atoms. The molecular weight excluding hydrogens is 528 g/mol. The summed E-state index contributed by atoms with van der Waals surface area (Å²) in [5, 5.41) is 12.7. The molecule has 0 spiro atoms. The second-order valence-electron chi connectivity index (χ2n) is 11.6. The van der Waals surface area contributed by atoms with Crippen molar-refractivity contribution in [1.29, 1.82) is 0 Å². The highest BCUT2D eigenvalue weighted by atomic mass is 14.2. The summed E-state index contributed by atoms with van der Waals surface area (Å²) in [5.74, 6) is 0. The molecule has 0 N–H and O–H groups in total. The molecule has 0 bridgehead atoms. The molecule has 204 valence electrons. The lowest BCUT2D eigenvalue weighted by molar-refractivity contribution is 1.61. The van der Waals surface area contributed by atoms with Crippen LogP contribution in [-0.2, 0) is 0 Å². The molecule has 0 fully saturated rings. The Hall–Kier alpha value is -5.72. The van der Waals surface area contributed by atoms with Gasteiger partial charge in [-0.25, -0.2) is 0 Å². The highest BCUT2D eigenvalue weighted by molar-refractivity contribution is 6.17. The highest BCUT2D eigenvalue weighted by Gasteiger charge is 2.19. The first-order valence-corrected chi connectivity index (χ1v) is 15.3. The van der Waals surface area contributed by atoms with Gasteiger partial charge in [0, 0.05) is 0 Å². The zero-order valence-corrected chi connectivity index (χ0v) is 24.2. The van der Waals surface area contributed by atoms with Crippen molar-refractivity contribution >= 4 is 53.9 Å². The van der Waals surface area contributed by atoms with E-state index in [-0.39, 0.29) is 0 Å². The van der Waals surface area contributed by atoms with Crippen LogP contribution in [0.4, 0.5) is 0 Å². The Kier molecular flexibility index (Phi) is 5.61. The molecule has 9 aromatic carbocycles. The van der Waals surface area contributed by atoms with E-state index in [4.69, 9.17) is 0 Å². The van der Waals surface area contributed by atoms with E-state index in [1.807, 2.05) is 0 Å². The number of rotatable bonds is 3. The smallest absolute Gasteiger partial charge is 0.00204 e. The monoisotopic (exact) mass is 556 g/mol. The molecule has 0 saturated carbocycles. The van der Waals surface area contributed by atoms with E-state index in [2.05, 4.69) is 170 Å². The van der Waals surface area contributed by atoms with Gasteiger partial charge in [-0.05, 0) is 87.2 Å². The number of benzene rings is 9. The third-order valence-electron chi connectivity index (χ3n) is 9.28. The van der Waals surface area contributed by atoms with Gasteiger partial charge in [0.1, 0.15) is 0 Å². The van der Waals surface area contributed by atoms with Crippen molar-refractivity contribution in [1.82, 2.24) is 0 Å². The van der Waals surface area contributed by atoms with Crippen LogP contribution in [0.3, 0.4) is 0 Å². The minimum absolute atomic E-state index is 1.25. The van der Waals surface area contributed by atoms with E-state index in [0.29, 0.717) is 0 Å². The van der Waals surface area contributed by atoms with Gasteiger partial charge in [-0.2, -0.15) is 0 Å². The zero-order valence-electron chi connectivity index (χ0n) is 24.2. The molecule has 0 aliphatic rings. The van der Waals surface area contributed by atoms with Crippen molar-refractivity contribution in [3.63, 3.8) is 0 Å². The topological polar surface area (TPSA) is 0 Å². The van der Waals surface area contributed by atoms with Gasteiger partial charge in [0.25, 0.3) is 0 Å². The van der Waals surface area contributed by atoms with Gasteiger partial charge in [0.05, 0.1) is 0 Å². The summed E-state index contributed by atoms with van der Waals surface area (Å²) in [7, 11) is 0. The summed E-state index contributed by atoms with van der Waals surface area (Å²) in [6.45, 7) is 0. The molecule has 0 aromatic heterocycles. The summed E-state index contributed by atoms with van der Waals surface area (Å²) in [5.41, 5.74) is 7.54. The lowest BCUT2D eigenvalue weighted by atomic mass is 9.83. The summed E-state index contributed by atoms with van der Waals surface area (Å²) >= 11 is 0. The Morgan fingerprint density at radius 3 is 1.20 bits per heavy atom. The van der Waals surface area contributed by atoms with Gasteiger partial charge in [0.15, 0.2) is 0 Å². The molecule has 9 aromatic rings. The van der Waals surface area contributed by atoms with Crippen LogP contribution in [0.1, 0.15) is 0 Å². The van der Waals surface area contributed by atoms with E-state index >= 15 is 0 Å². The van der Waals surface area contributed by atoms with Crippen molar-refractivity contribution in [3.8, 4) is 33.4 Å². The van der Waals surface area contributed by atoms with Gasteiger partial charge in [-0.3, -0.25) is 0 Å². The fraction of sp³-hybridized carbons (Fsp3) is 0. The molecule has 0 atom stereocenters. The van der Waals surface area contributed by atoms with Gasteiger partial charge >= 0.3 is 0 Å². The first kappa shape index (κ1) is 24.8. The van der Waals surface area contributed by atoms with Crippen molar-refractivity contribution in [3.05, 3.63) is 170 Å². The Labute approximate surface area is 256 Å². The quantitative estimate of drug-likeness (QED) is 0.190. The SMILES string of the molecule is c1ccc(-c2cccc3c2ccc2ccccc23)c(-c2c(-c3cccc4c3ccc3ccccc34)ccc3ccccc23)c1. The highest BCUT2D eigenvalue weighted by Crippen LogP contribution is 2.46. The molecule has 0 amide bonds. The standard InChI is InChI=1S/C44H28/c1-4-14-32-29(11-1)23-26-40-35(32)19-9-21-37(40)38-17-7-8-18-42(38)44-34-16-6-3-13-31(34)25-28-43(44)39-22-10-20-36-33-15-5-2-12-30(33)24-27-41(36)39/h1-28H. The summed E-state index contributed by atoms with van der Waals surface area (Å²) in [4.78, 5) is 0. The lowest BCUT2D eigenvalue weighted by Gasteiger charge is -2.20. The zero-order chi connectivity index (χ0) is 29.0. The Morgan fingerprint density at radius 2 is 0.591 bits per heavy atom. The van der Waals surface area contributed by atoms with Gasteiger partial charge in [0.2, 0.25) is 0 Å². The minimum atomic E-state index is 1.25. The van der Waals surface area contributed by atoms with E-state index in [1.165, 1.54) is 87.2 Å². The second-order valence-corrected chi connectivity index (χ2v) is 11.6. The Morgan fingerprint density at radius 1 is 0.182 bits per heavy atom. The Bertz CT molecular complexity index is 2550. The predicted molar refractivity (Wildman–Crippen MR) is 190 cm³/mol. The van der Waals surface area contributed by atoms with Crippen LogP contribution >= 0.6 is 0 Å². The largest absolute Gasteiger partial charge is 0.0616 e. The molecular formula is C44H28. The molecule has 0 aliphatic heterocycles. The molecule has 0 radical (unpaired) electrons. The van der Waals surface area contributed by atoms with E-state index < -0.39 is 0 Å².